The molecule has 4 rings (SSSR count). The molecule has 7 heteroatoms. The number of nitrogens with zero attached hydrogens (tertiary/aromatic N) is 2. The number of ketones is 1. The number of carbonyl (C=O) groups is 3. The molecule has 3 aliphatic rings. The zero-order chi connectivity index (χ0) is 23.5. The summed E-state index contributed by atoms with van der Waals surface area (Å²) in [7, 11) is 0. The molecule has 0 radical (unpaired) electrons. The molecule has 1 saturated heterocycles. The summed E-state index contributed by atoms with van der Waals surface area (Å²) in [4.78, 5) is 41.5. The molecular formula is C26H36FN3O3. The van der Waals surface area contributed by atoms with Crippen molar-refractivity contribution in [2.24, 2.45) is 11.8 Å². The van der Waals surface area contributed by atoms with Crippen LogP contribution in [0, 0.1) is 24.6 Å². The van der Waals surface area contributed by atoms with Gasteiger partial charge in [-0.05, 0) is 62.8 Å². The molecule has 1 N–H and O–H groups in total. The van der Waals surface area contributed by atoms with Gasteiger partial charge >= 0.3 is 0 Å². The summed E-state index contributed by atoms with van der Waals surface area (Å²) in [6.45, 7) is 6.76. The van der Waals surface area contributed by atoms with Crippen LogP contribution in [0.1, 0.15) is 69.4 Å². The molecule has 0 spiro atoms. The van der Waals surface area contributed by atoms with Crippen molar-refractivity contribution in [3.05, 3.63) is 29.1 Å². The summed E-state index contributed by atoms with van der Waals surface area (Å²) in [6.07, 6.45) is 6.65. The van der Waals surface area contributed by atoms with Gasteiger partial charge in [0.05, 0.1) is 0 Å². The monoisotopic (exact) mass is 457 g/mol. The Morgan fingerprint density at radius 3 is 2.55 bits per heavy atom. The maximum absolute atomic E-state index is 14.4. The molecule has 33 heavy (non-hydrogen) atoms. The zero-order valence-electron chi connectivity index (χ0n) is 19.9. The van der Waals surface area contributed by atoms with E-state index in [0.717, 1.165) is 62.7 Å². The third kappa shape index (κ3) is 5.62. The van der Waals surface area contributed by atoms with Crippen LogP contribution >= 0.6 is 0 Å². The summed E-state index contributed by atoms with van der Waals surface area (Å²) in [5, 5.41) is 2.84. The summed E-state index contributed by atoms with van der Waals surface area (Å²) in [5.74, 6) is -0.180. The normalized spacial score (nSPS) is 24.5. The third-order valence-corrected chi connectivity index (χ3v) is 7.71. The van der Waals surface area contributed by atoms with Crippen LogP contribution < -0.4 is 5.32 Å². The highest BCUT2D eigenvalue weighted by Gasteiger charge is 2.33. The molecule has 2 amide bonds. The molecule has 180 valence electrons. The van der Waals surface area contributed by atoms with Gasteiger partial charge in [0.2, 0.25) is 11.8 Å². The van der Waals surface area contributed by atoms with Gasteiger partial charge in [-0.3, -0.25) is 19.3 Å². The van der Waals surface area contributed by atoms with E-state index in [-0.39, 0.29) is 41.8 Å². The molecule has 2 aliphatic carbocycles. The van der Waals surface area contributed by atoms with Crippen LogP contribution in [0.15, 0.2) is 12.1 Å². The Hall–Kier alpha value is -2.28. The van der Waals surface area contributed by atoms with E-state index in [1.54, 1.807) is 0 Å². The highest BCUT2D eigenvalue weighted by atomic mass is 19.1. The van der Waals surface area contributed by atoms with Gasteiger partial charge in [0.1, 0.15) is 11.6 Å². The Labute approximate surface area is 195 Å². The van der Waals surface area contributed by atoms with Gasteiger partial charge in [0, 0.05) is 62.6 Å². The molecular weight excluding hydrogens is 421 g/mol. The number of rotatable bonds is 6. The van der Waals surface area contributed by atoms with Gasteiger partial charge in [-0.2, -0.15) is 0 Å². The van der Waals surface area contributed by atoms with Crippen molar-refractivity contribution in [1.82, 2.24) is 9.80 Å². The van der Waals surface area contributed by atoms with Gasteiger partial charge in [-0.25, -0.2) is 4.39 Å². The van der Waals surface area contributed by atoms with E-state index in [4.69, 9.17) is 0 Å². The number of halogens is 1. The molecule has 6 nitrogen and oxygen atoms in total. The predicted octanol–water partition coefficient (Wildman–Crippen LogP) is 4.05. The Morgan fingerprint density at radius 1 is 1.12 bits per heavy atom. The van der Waals surface area contributed by atoms with Gasteiger partial charge in [-0.1, -0.05) is 12.8 Å². The minimum Gasteiger partial charge on any atom is -0.337 e. The molecule has 0 bridgehead atoms. The number of nitrogens with one attached hydrogen (secondary N) is 1. The van der Waals surface area contributed by atoms with Crippen LogP contribution in [-0.2, 0) is 20.9 Å². The number of carbonyl (C=O) groups excluding carboxylic acids is 3. The second-order valence-corrected chi connectivity index (χ2v) is 10.1. The summed E-state index contributed by atoms with van der Waals surface area (Å²) >= 11 is 0. The lowest BCUT2D eigenvalue weighted by molar-refractivity contribution is -0.140. The first-order valence-corrected chi connectivity index (χ1v) is 12.5. The number of amides is 2. The quantitative estimate of drug-likeness (QED) is 0.700. The number of Topliss-reactive ketones (excluding diaryl/α,β-unsaturated/α-hetero) is 1. The fraction of sp³-hybridized carbons (Fsp3) is 0.654. The number of benzene rings is 1. The van der Waals surface area contributed by atoms with E-state index < -0.39 is 0 Å². The molecule has 0 aromatic heterocycles. The second-order valence-electron chi connectivity index (χ2n) is 10.1. The average molecular weight is 458 g/mol. The first-order valence-electron chi connectivity index (χ1n) is 12.5. The highest BCUT2D eigenvalue weighted by Crippen LogP contribution is 2.29. The van der Waals surface area contributed by atoms with Crippen molar-refractivity contribution in [3.63, 3.8) is 0 Å². The minimum atomic E-state index is -0.383. The standard InChI is InChI=1S/C26H36FN3O3/c1-17-15-29(10-11-30(17)26(33)19-6-3-4-7-19)16-21-12-22(27)14-23(18(21)2)28-25(32)13-20-8-5-9-24(20)31/h12,14,17,19-20H,3-11,13,15-16H2,1-2H3,(H,28,32). The van der Waals surface area contributed by atoms with Crippen LogP contribution in [-0.4, -0.2) is 53.1 Å². The van der Waals surface area contributed by atoms with E-state index in [1.807, 2.05) is 11.8 Å². The van der Waals surface area contributed by atoms with Crippen LogP contribution in [0.4, 0.5) is 10.1 Å². The number of hydrogen-bond acceptors (Lipinski definition) is 4. The molecule has 2 atom stereocenters. The number of anilines is 1. The molecule has 1 aromatic rings. The van der Waals surface area contributed by atoms with Crippen molar-refractivity contribution in [2.45, 2.75) is 77.8 Å². The molecule has 2 unspecified atom stereocenters. The van der Waals surface area contributed by atoms with E-state index in [1.165, 1.54) is 12.1 Å². The fourth-order valence-electron chi connectivity index (χ4n) is 5.71. The van der Waals surface area contributed by atoms with Crippen molar-refractivity contribution in [3.8, 4) is 0 Å². The maximum atomic E-state index is 14.4. The SMILES string of the molecule is Cc1c(CN2CCN(C(=O)C3CCCC3)C(C)C2)cc(F)cc1NC(=O)CC1CCCC1=O. The minimum absolute atomic E-state index is 0.129. The van der Waals surface area contributed by atoms with E-state index in [9.17, 15) is 18.8 Å². The van der Waals surface area contributed by atoms with Crippen molar-refractivity contribution >= 4 is 23.3 Å². The lowest BCUT2D eigenvalue weighted by atomic mass is 10.0. The van der Waals surface area contributed by atoms with Crippen molar-refractivity contribution in [2.75, 3.05) is 25.0 Å². The van der Waals surface area contributed by atoms with E-state index >= 15 is 0 Å². The summed E-state index contributed by atoms with van der Waals surface area (Å²) in [5.41, 5.74) is 2.16. The Morgan fingerprint density at radius 2 is 1.88 bits per heavy atom. The van der Waals surface area contributed by atoms with Crippen LogP contribution in [0.3, 0.4) is 0 Å². The zero-order valence-corrected chi connectivity index (χ0v) is 19.9. The molecule has 3 fully saturated rings. The number of hydrogen-bond donors (Lipinski definition) is 1. The molecule has 1 aliphatic heterocycles. The van der Waals surface area contributed by atoms with Gasteiger partial charge < -0.3 is 10.2 Å². The number of piperazine rings is 1. The largest absolute Gasteiger partial charge is 0.337 e. The Balaban J connectivity index is 1.37. The summed E-state index contributed by atoms with van der Waals surface area (Å²) < 4.78 is 14.4. The molecule has 2 saturated carbocycles. The smallest absolute Gasteiger partial charge is 0.226 e. The topological polar surface area (TPSA) is 69.7 Å². The van der Waals surface area contributed by atoms with E-state index in [2.05, 4.69) is 17.1 Å². The third-order valence-electron chi connectivity index (χ3n) is 7.71. The van der Waals surface area contributed by atoms with Crippen molar-refractivity contribution in [1.29, 1.82) is 0 Å². The Bertz CT molecular complexity index is 912. The van der Waals surface area contributed by atoms with Gasteiger partial charge in [0.15, 0.2) is 0 Å². The van der Waals surface area contributed by atoms with Crippen LogP contribution in [0.25, 0.3) is 0 Å². The maximum Gasteiger partial charge on any atom is 0.226 e. The molecule has 1 heterocycles. The van der Waals surface area contributed by atoms with Crippen molar-refractivity contribution < 1.29 is 18.8 Å². The summed E-state index contributed by atoms with van der Waals surface area (Å²) in [6, 6.07) is 3.02. The van der Waals surface area contributed by atoms with Gasteiger partial charge in [0.25, 0.3) is 0 Å². The fourth-order valence-corrected chi connectivity index (χ4v) is 5.71. The van der Waals surface area contributed by atoms with E-state index in [0.29, 0.717) is 31.1 Å². The van der Waals surface area contributed by atoms with Crippen LogP contribution in [0.5, 0.6) is 0 Å². The highest BCUT2D eigenvalue weighted by molar-refractivity contribution is 5.95. The lowest BCUT2D eigenvalue weighted by Gasteiger charge is -2.41. The van der Waals surface area contributed by atoms with Crippen LogP contribution in [0.2, 0.25) is 0 Å². The molecule has 1 aromatic carbocycles. The average Bonchev–Trinajstić information content (AvgIpc) is 3.43. The first kappa shape index (κ1) is 23.9. The van der Waals surface area contributed by atoms with Gasteiger partial charge in [-0.15, -0.1) is 0 Å². The lowest BCUT2D eigenvalue weighted by Crippen LogP contribution is -2.54. The second kappa shape index (κ2) is 10.3. The Kier molecular flexibility index (Phi) is 7.47. The predicted molar refractivity (Wildman–Crippen MR) is 125 cm³/mol. The first-order chi connectivity index (χ1) is 15.8.